The Bertz CT molecular complexity index is 442. The maximum Gasteiger partial charge on any atom is 0.125 e. The molecule has 0 bridgehead atoms. The Morgan fingerprint density at radius 2 is 2.00 bits per heavy atom. The molecule has 1 aliphatic heterocycles. The number of aryl methyl sites for hydroxylation is 1. The number of benzene rings is 1. The first-order valence-corrected chi connectivity index (χ1v) is 8.26. The molecular formula is C18H29NO3. The molecule has 0 unspecified atom stereocenters. The Balaban J connectivity index is 1.88. The van der Waals surface area contributed by atoms with Gasteiger partial charge in [0.15, 0.2) is 0 Å². The van der Waals surface area contributed by atoms with Crippen LogP contribution in [0.25, 0.3) is 0 Å². The molecule has 1 aliphatic rings. The highest BCUT2D eigenvalue weighted by molar-refractivity contribution is 5.37. The van der Waals surface area contributed by atoms with Crippen LogP contribution in [0.3, 0.4) is 0 Å². The summed E-state index contributed by atoms with van der Waals surface area (Å²) < 4.78 is 16.5. The van der Waals surface area contributed by atoms with E-state index in [0.717, 1.165) is 50.6 Å². The van der Waals surface area contributed by atoms with Gasteiger partial charge in [0.05, 0.1) is 25.9 Å². The number of ether oxygens (including phenoxy) is 3. The van der Waals surface area contributed by atoms with E-state index in [2.05, 4.69) is 23.1 Å². The number of nitrogens with zero attached hydrogens (tertiary/aromatic N) is 1. The number of rotatable bonds is 8. The Hall–Kier alpha value is -1.10. The van der Waals surface area contributed by atoms with Crippen LogP contribution >= 0.6 is 0 Å². The SMILES string of the molecule is COCc1cc(CCCN2CCOCC2)ccc1OC(C)C. The maximum atomic E-state index is 5.85. The lowest BCUT2D eigenvalue weighted by Crippen LogP contribution is -2.36. The lowest BCUT2D eigenvalue weighted by molar-refractivity contribution is 0.0374. The van der Waals surface area contributed by atoms with Gasteiger partial charge in [0.1, 0.15) is 5.75 Å². The second-order valence-corrected chi connectivity index (χ2v) is 6.10. The van der Waals surface area contributed by atoms with Crippen molar-refractivity contribution in [3.63, 3.8) is 0 Å². The van der Waals surface area contributed by atoms with Crippen molar-refractivity contribution < 1.29 is 14.2 Å². The van der Waals surface area contributed by atoms with Crippen LogP contribution in [0.5, 0.6) is 5.75 Å². The summed E-state index contributed by atoms with van der Waals surface area (Å²) in [6, 6.07) is 6.48. The first-order valence-electron chi connectivity index (χ1n) is 8.26. The van der Waals surface area contributed by atoms with Crippen LogP contribution in [0, 0.1) is 0 Å². The van der Waals surface area contributed by atoms with Gasteiger partial charge in [0.2, 0.25) is 0 Å². The van der Waals surface area contributed by atoms with Crippen molar-refractivity contribution in [1.29, 1.82) is 0 Å². The van der Waals surface area contributed by atoms with E-state index in [1.54, 1.807) is 7.11 Å². The number of hydrogen-bond acceptors (Lipinski definition) is 4. The van der Waals surface area contributed by atoms with Gasteiger partial charge in [0.25, 0.3) is 0 Å². The van der Waals surface area contributed by atoms with Crippen LogP contribution in [0.1, 0.15) is 31.4 Å². The molecule has 0 radical (unpaired) electrons. The fourth-order valence-electron chi connectivity index (χ4n) is 2.76. The average molecular weight is 307 g/mol. The summed E-state index contributed by atoms with van der Waals surface area (Å²) in [4.78, 5) is 2.48. The molecule has 4 heteroatoms. The lowest BCUT2D eigenvalue weighted by atomic mass is 10.1. The predicted molar refractivity (Wildman–Crippen MR) is 88.5 cm³/mol. The first kappa shape index (κ1) is 17.3. The van der Waals surface area contributed by atoms with Crippen molar-refractivity contribution in [1.82, 2.24) is 4.90 Å². The minimum Gasteiger partial charge on any atom is -0.491 e. The van der Waals surface area contributed by atoms with Gasteiger partial charge in [-0.2, -0.15) is 0 Å². The molecule has 0 aromatic heterocycles. The van der Waals surface area contributed by atoms with Crippen molar-refractivity contribution in [3.8, 4) is 5.75 Å². The van der Waals surface area contributed by atoms with Crippen LogP contribution in [-0.2, 0) is 22.5 Å². The third kappa shape index (κ3) is 5.59. The Labute approximate surface area is 134 Å². The number of morpholine rings is 1. The summed E-state index contributed by atoms with van der Waals surface area (Å²) in [7, 11) is 1.73. The molecule has 124 valence electrons. The van der Waals surface area contributed by atoms with Crippen molar-refractivity contribution in [3.05, 3.63) is 29.3 Å². The van der Waals surface area contributed by atoms with Crippen molar-refractivity contribution in [2.45, 2.75) is 39.4 Å². The minimum atomic E-state index is 0.183. The molecular weight excluding hydrogens is 278 g/mol. The van der Waals surface area contributed by atoms with Crippen LogP contribution < -0.4 is 4.74 Å². The molecule has 0 aliphatic carbocycles. The van der Waals surface area contributed by atoms with Gasteiger partial charge in [-0.25, -0.2) is 0 Å². The summed E-state index contributed by atoms with van der Waals surface area (Å²) in [6.45, 7) is 9.72. The fourth-order valence-corrected chi connectivity index (χ4v) is 2.76. The third-order valence-electron chi connectivity index (χ3n) is 3.83. The zero-order valence-corrected chi connectivity index (χ0v) is 14.1. The molecule has 0 atom stereocenters. The van der Waals surface area contributed by atoms with Crippen LogP contribution in [0.15, 0.2) is 18.2 Å². The van der Waals surface area contributed by atoms with E-state index in [-0.39, 0.29) is 6.10 Å². The Kier molecular flexibility index (Phi) is 7.16. The van der Waals surface area contributed by atoms with E-state index < -0.39 is 0 Å². The monoisotopic (exact) mass is 307 g/mol. The molecule has 0 saturated carbocycles. The Morgan fingerprint density at radius 3 is 2.68 bits per heavy atom. The van der Waals surface area contributed by atoms with E-state index in [1.807, 2.05) is 13.8 Å². The van der Waals surface area contributed by atoms with Gasteiger partial charge in [-0.3, -0.25) is 4.90 Å². The van der Waals surface area contributed by atoms with Gasteiger partial charge >= 0.3 is 0 Å². The van der Waals surface area contributed by atoms with Crippen LogP contribution in [0.2, 0.25) is 0 Å². The quantitative estimate of drug-likeness (QED) is 0.739. The topological polar surface area (TPSA) is 30.9 Å². The average Bonchev–Trinajstić information content (AvgIpc) is 2.51. The smallest absolute Gasteiger partial charge is 0.125 e. The van der Waals surface area contributed by atoms with E-state index >= 15 is 0 Å². The molecule has 0 amide bonds. The van der Waals surface area contributed by atoms with E-state index in [0.29, 0.717) is 6.61 Å². The summed E-state index contributed by atoms with van der Waals surface area (Å²) in [6.07, 6.45) is 2.45. The number of hydrogen-bond donors (Lipinski definition) is 0. The maximum absolute atomic E-state index is 5.85. The molecule has 1 saturated heterocycles. The van der Waals surface area contributed by atoms with E-state index in [4.69, 9.17) is 14.2 Å². The predicted octanol–water partition coefficient (Wildman–Crippen LogP) is 2.89. The highest BCUT2D eigenvalue weighted by Crippen LogP contribution is 2.23. The molecule has 22 heavy (non-hydrogen) atoms. The van der Waals surface area contributed by atoms with Crippen LogP contribution in [-0.4, -0.2) is 51.0 Å². The summed E-state index contributed by atoms with van der Waals surface area (Å²) in [5, 5.41) is 0. The third-order valence-corrected chi connectivity index (χ3v) is 3.83. The van der Waals surface area contributed by atoms with Gasteiger partial charge in [0, 0.05) is 25.8 Å². The minimum absolute atomic E-state index is 0.183. The molecule has 2 rings (SSSR count). The van der Waals surface area contributed by atoms with E-state index in [9.17, 15) is 0 Å². The van der Waals surface area contributed by atoms with Crippen molar-refractivity contribution in [2.75, 3.05) is 40.0 Å². The molecule has 1 aromatic carbocycles. The lowest BCUT2D eigenvalue weighted by Gasteiger charge is -2.26. The van der Waals surface area contributed by atoms with Gasteiger partial charge in [-0.1, -0.05) is 6.07 Å². The summed E-state index contributed by atoms with van der Waals surface area (Å²) >= 11 is 0. The van der Waals surface area contributed by atoms with Gasteiger partial charge in [-0.05, 0) is 50.9 Å². The normalized spacial score (nSPS) is 16.2. The number of methoxy groups -OCH3 is 1. The molecule has 1 fully saturated rings. The van der Waals surface area contributed by atoms with Gasteiger partial charge < -0.3 is 14.2 Å². The second kappa shape index (κ2) is 9.13. The second-order valence-electron chi connectivity index (χ2n) is 6.10. The first-order chi connectivity index (χ1) is 10.7. The molecule has 1 aromatic rings. The Morgan fingerprint density at radius 1 is 1.23 bits per heavy atom. The largest absolute Gasteiger partial charge is 0.491 e. The zero-order chi connectivity index (χ0) is 15.8. The molecule has 0 N–H and O–H groups in total. The van der Waals surface area contributed by atoms with Crippen molar-refractivity contribution >= 4 is 0 Å². The standard InChI is InChI=1S/C18H29NO3/c1-15(2)22-18-7-6-16(13-17(18)14-20-3)5-4-8-19-9-11-21-12-10-19/h6-7,13,15H,4-5,8-12,14H2,1-3H3. The highest BCUT2D eigenvalue weighted by atomic mass is 16.5. The van der Waals surface area contributed by atoms with Crippen LogP contribution in [0.4, 0.5) is 0 Å². The molecule has 4 nitrogen and oxygen atoms in total. The van der Waals surface area contributed by atoms with Gasteiger partial charge in [-0.15, -0.1) is 0 Å². The molecule has 1 heterocycles. The highest BCUT2D eigenvalue weighted by Gasteiger charge is 2.10. The van der Waals surface area contributed by atoms with E-state index in [1.165, 1.54) is 12.0 Å². The molecule has 0 spiro atoms. The fraction of sp³-hybridized carbons (Fsp3) is 0.667. The zero-order valence-electron chi connectivity index (χ0n) is 14.1. The summed E-state index contributed by atoms with van der Waals surface area (Å²) in [5.74, 6) is 0.939. The van der Waals surface area contributed by atoms with Crippen molar-refractivity contribution in [2.24, 2.45) is 0 Å². The summed E-state index contributed by atoms with van der Waals surface area (Å²) in [5.41, 5.74) is 2.50.